The van der Waals surface area contributed by atoms with Crippen LogP contribution in [0, 0.1) is 17.5 Å². The van der Waals surface area contributed by atoms with Gasteiger partial charge in [-0.25, -0.2) is 18.2 Å². The molecule has 5 rings (SSSR count). The molecule has 1 amide bonds. The van der Waals surface area contributed by atoms with Gasteiger partial charge in [-0.15, -0.1) is 0 Å². The molecule has 1 aliphatic rings. The van der Waals surface area contributed by atoms with Gasteiger partial charge < -0.3 is 5.11 Å². The summed E-state index contributed by atoms with van der Waals surface area (Å²) in [7, 11) is 0. The van der Waals surface area contributed by atoms with Crippen LogP contribution in [-0.2, 0) is 9.59 Å². The summed E-state index contributed by atoms with van der Waals surface area (Å²) < 4.78 is 41.1. The van der Waals surface area contributed by atoms with E-state index in [0.717, 1.165) is 28.4 Å². The summed E-state index contributed by atoms with van der Waals surface area (Å²) in [6.45, 7) is 0. The minimum Gasteiger partial charge on any atom is -0.507 e. The number of fused-ring (bicyclic) bond motifs is 1. The van der Waals surface area contributed by atoms with E-state index in [-0.39, 0.29) is 16.3 Å². The number of ketones is 1. The number of halogens is 3. The van der Waals surface area contributed by atoms with Crippen molar-refractivity contribution in [2.75, 3.05) is 4.90 Å². The topological polar surface area (TPSA) is 70.5 Å². The Bertz CT molecular complexity index is 1450. The summed E-state index contributed by atoms with van der Waals surface area (Å²) in [5, 5.41) is 11.1. The number of nitrogens with zero attached hydrogens (tertiary/aromatic N) is 2. The van der Waals surface area contributed by atoms with Crippen molar-refractivity contribution < 1.29 is 27.9 Å². The van der Waals surface area contributed by atoms with Crippen molar-refractivity contribution in [3.8, 4) is 0 Å². The van der Waals surface area contributed by atoms with E-state index in [9.17, 15) is 27.9 Å². The van der Waals surface area contributed by atoms with Gasteiger partial charge in [0.1, 0.15) is 23.2 Å². The lowest BCUT2D eigenvalue weighted by Crippen LogP contribution is -2.29. The molecule has 0 spiro atoms. The summed E-state index contributed by atoms with van der Waals surface area (Å²) in [5.74, 6) is -3.97. The Morgan fingerprint density at radius 1 is 0.879 bits per heavy atom. The number of amides is 1. The van der Waals surface area contributed by atoms with Crippen LogP contribution in [0.4, 0.5) is 18.3 Å². The molecule has 1 N–H and O–H groups in total. The summed E-state index contributed by atoms with van der Waals surface area (Å²) in [5.41, 5.74) is 0.663. The fraction of sp³-hybridized carbons (Fsp3) is 0.0417. The second kappa shape index (κ2) is 7.86. The molecule has 1 unspecified atom stereocenters. The van der Waals surface area contributed by atoms with Crippen LogP contribution in [0.3, 0.4) is 0 Å². The number of aromatic nitrogens is 1. The Balaban J connectivity index is 1.73. The fourth-order valence-electron chi connectivity index (χ4n) is 3.74. The molecule has 164 valence electrons. The van der Waals surface area contributed by atoms with Crippen molar-refractivity contribution in [2.24, 2.45) is 0 Å². The van der Waals surface area contributed by atoms with Gasteiger partial charge in [0.05, 0.1) is 21.8 Å². The van der Waals surface area contributed by atoms with Gasteiger partial charge in [-0.2, -0.15) is 0 Å². The quantitative estimate of drug-likeness (QED) is 0.251. The molecule has 0 radical (unpaired) electrons. The van der Waals surface area contributed by atoms with Gasteiger partial charge >= 0.3 is 5.91 Å². The molecular formula is C24H13F3N2O3S. The normalized spacial score (nSPS) is 17.8. The van der Waals surface area contributed by atoms with Gasteiger partial charge in [-0.3, -0.25) is 14.5 Å². The lowest BCUT2D eigenvalue weighted by atomic mass is 9.95. The van der Waals surface area contributed by atoms with E-state index >= 15 is 0 Å². The van der Waals surface area contributed by atoms with Crippen molar-refractivity contribution in [2.45, 2.75) is 6.04 Å². The number of anilines is 1. The number of aliphatic hydroxyl groups excluding tert-OH is 1. The van der Waals surface area contributed by atoms with Crippen molar-refractivity contribution in [1.82, 2.24) is 4.98 Å². The van der Waals surface area contributed by atoms with Gasteiger partial charge in [-0.1, -0.05) is 23.5 Å². The number of hydrogen-bond acceptors (Lipinski definition) is 5. The molecular weight excluding hydrogens is 453 g/mol. The van der Waals surface area contributed by atoms with Crippen LogP contribution in [-0.4, -0.2) is 21.8 Å². The highest BCUT2D eigenvalue weighted by molar-refractivity contribution is 7.22. The molecule has 9 heteroatoms. The Kier molecular flexibility index (Phi) is 4.98. The third-order valence-electron chi connectivity index (χ3n) is 5.29. The Hall–Kier alpha value is -3.98. The van der Waals surface area contributed by atoms with Crippen LogP contribution >= 0.6 is 11.3 Å². The van der Waals surface area contributed by atoms with Crippen molar-refractivity contribution in [1.29, 1.82) is 0 Å². The average molecular weight is 466 g/mol. The number of carbonyl (C=O) groups excluding carboxylic acids is 2. The number of thiazole rings is 1. The number of benzene rings is 3. The zero-order chi connectivity index (χ0) is 23.3. The molecule has 4 aromatic rings. The molecule has 0 aliphatic carbocycles. The number of hydrogen-bond donors (Lipinski definition) is 1. The zero-order valence-corrected chi connectivity index (χ0v) is 17.4. The minimum absolute atomic E-state index is 0.116. The van der Waals surface area contributed by atoms with E-state index in [1.54, 1.807) is 0 Å². The first-order valence-corrected chi connectivity index (χ1v) is 10.5. The number of rotatable bonds is 3. The number of aliphatic hydroxyl groups is 1. The van der Waals surface area contributed by atoms with Gasteiger partial charge in [0.25, 0.3) is 5.78 Å². The lowest BCUT2D eigenvalue weighted by molar-refractivity contribution is -0.132. The fourth-order valence-corrected chi connectivity index (χ4v) is 4.76. The van der Waals surface area contributed by atoms with Crippen LogP contribution in [0.15, 0.2) is 72.3 Å². The van der Waals surface area contributed by atoms with Crippen LogP contribution in [0.25, 0.3) is 16.0 Å². The van der Waals surface area contributed by atoms with E-state index in [0.29, 0.717) is 15.8 Å². The average Bonchev–Trinajstić information content (AvgIpc) is 3.32. The standard InChI is InChI=1S/C24H13F3N2O3S/c25-14-5-1-12(2-6-14)20-19(21(30)13-3-7-15(26)8-4-13)22(31)23(32)29(20)24-28-17-10-9-16(27)11-18(17)33-24/h1-11,20,30H. The van der Waals surface area contributed by atoms with E-state index in [1.807, 2.05) is 0 Å². The second-order valence-electron chi connectivity index (χ2n) is 7.34. The van der Waals surface area contributed by atoms with Crippen molar-refractivity contribution in [3.05, 3.63) is 101 Å². The van der Waals surface area contributed by atoms with E-state index in [4.69, 9.17) is 0 Å². The van der Waals surface area contributed by atoms with Gasteiger partial charge in [0.15, 0.2) is 5.13 Å². The number of carbonyl (C=O) groups is 2. The first-order chi connectivity index (χ1) is 15.8. The predicted molar refractivity (Wildman–Crippen MR) is 117 cm³/mol. The zero-order valence-electron chi connectivity index (χ0n) is 16.6. The van der Waals surface area contributed by atoms with Crippen LogP contribution in [0.2, 0.25) is 0 Å². The molecule has 1 aromatic heterocycles. The first-order valence-electron chi connectivity index (χ1n) is 9.72. The SMILES string of the molecule is O=C1C(=O)N(c2nc3ccc(F)cc3s2)C(c2ccc(F)cc2)C1=C(O)c1ccc(F)cc1. The highest BCUT2D eigenvalue weighted by Gasteiger charge is 2.48. The third kappa shape index (κ3) is 3.56. The molecule has 0 saturated carbocycles. The van der Waals surface area contributed by atoms with Gasteiger partial charge in [-0.05, 0) is 60.2 Å². The molecule has 1 saturated heterocycles. The highest BCUT2D eigenvalue weighted by atomic mass is 32.1. The summed E-state index contributed by atoms with van der Waals surface area (Å²) in [6, 6.07) is 12.7. The van der Waals surface area contributed by atoms with Crippen molar-refractivity contribution >= 4 is 44.1 Å². The van der Waals surface area contributed by atoms with Crippen LogP contribution in [0.5, 0.6) is 0 Å². The maximum Gasteiger partial charge on any atom is 0.301 e. The Morgan fingerprint density at radius 3 is 2.15 bits per heavy atom. The summed E-state index contributed by atoms with van der Waals surface area (Å²) in [6.07, 6.45) is 0. The first kappa shape index (κ1) is 20.9. The molecule has 5 nitrogen and oxygen atoms in total. The molecule has 0 bridgehead atoms. The molecule has 1 atom stereocenters. The molecule has 1 fully saturated rings. The van der Waals surface area contributed by atoms with Crippen molar-refractivity contribution in [3.63, 3.8) is 0 Å². The van der Waals surface area contributed by atoms with E-state index in [2.05, 4.69) is 4.98 Å². The lowest BCUT2D eigenvalue weighted by Gasteiger charge is -2.23. The number of Topliss-reactive ketones (excluding diaryl/α,β-unsaturated/α-hetero) is 1. The predicted octanol–water partition coefficient (Wildman–Crippen LogP) is 5.34. The van der Waals surface area contributed by atoms with E-state index in [1.165, 1.54) is 54.6 Å². The second-order valence-corrected chi connectivity index (χ2v) is 8.35. The monoisotopic (exact) mass is 466 g/mol. The van der Waals surface area contributed by atoms with Crippen LogP contribution < -0.4 is 4.90 Å². The largest absolute Gasteiger partial charge is 0.507 e. The molecule has 3 aromatic carbocycles. The van der Waals surface area contributed by atoms with Gasteiger partial charge in [0, 0.05) is 5.56 Å². The smallest absolute Gasteiger partial charge is 0.301 e. The van der Waals surface area contributed by atoms with Crippen LogP contribution in [0.1, 0.15) is 17.2 Å². The Labute approximate surface area is 189 Å². The third-order valence-corrected chi connectivity index (χ3v) is 6.31. The molecule has 33 heavy (non-hydrogen) atoms. The highest BCUT2D eigenvalue weighted by Crippen LogP contribution is 2.44. The summed E-state index contributed by atoms with van der Waals surface area (Å²) >= 11 is 1.00. The molecule has 1 aliphatic heterocycles. The Morgan fingerprint density at radius 2 is 1.48 bits per heavy atom. The van der Waals surface area contributed by atoms with E-state index < -0.39 is 40.9 Å². The summed E-state index contributed by atoms with van der Waals surface area (Å²) in [4.78, 5) is 31.6. The maximum atomic E-state index is 13.7. The van der Waals surface area contributed by atoms with Gasteiger partial charge in [0.2, 0.25) is 0 Å². The maximum absolute atomic E-state index is 13.7. The molecule has 2 heterocycles. The minimum atomic E-state index is -1.12.